The van der Waals surface area contributed by atoms with Gasteiger partial charge in [0.2, 0.25) is 5.91 Å². The SMILES string of the molecule is Cc1nc(N2C[C@@H]3CCCN3C(=O)[C@H]2C)c2ccccc2n1. The van der Waals surface area contributed by atoms with E-state index in [9.17, 15) is 4.79 Å². The second-order valence-electron chi connectivity index (χ2n) is 6.27. The highest BCUT2D eigenvalue weighted by molar-refractivity contribution is 5.94. The second-order valence-corrected chi connectivity index (χ2v) is 6.27. The van der Waals surface area contributed by atoms with Gasteiger partial charge in [-0.2, -0.15) is 0 Å². The molecule has 0 unspecified atom stereocenters. The molecule has 0 radical (unpaired) electrons. The maximum Gasteiger partial charge on any atom is 0.245 e. The molecule has 22 heavy (non-hydrogen) atoms. The van der Waals surface area contributed by atoms with Gasteiger partial charge in [-0.1, -0.05) is 12.1 Å². The second kappa shape index (κ2) is 4.93. The molecule has 1 aromatic heterocycles. The molecule has 5 heteroatoms. The Bertz CT molecular complexity index is 745. The van der Waals surface area contributed by atoms with E-state index in [-0.39, 0.29) is 11.9 Å². The van der Waals surface area contributed by atoms with Crippen molar-refractivity contribution in [1.29, 1.82) is 0 Å². The third-order valence-electron chi connectivity index (χ3n) is 4.86. The Morgan fingerprint density at radius 1 is 1.18 bits per heavy atom. The molecule has 1 aromatic carbocycles. The average Bonchev–Trinajstić information content (AvgIpc) is 2.98. The van der Waals surface area contributed by atoms with Gasteiger partial charge in [-0.15, -0.1) is 0 Å². The largest absolute Gasteiger partial charge is 0.342 e. The van der Waals surface area contributed by atoms with Gasteiger partial charge < -0.3 is 9.80 Å². The van der Waals surface area contributed by atoms with Crippen LogP contribution in [0.5, 0.6) is 0 Å². The number of rotatable bonds is 1. The molecule has 2 aromatic rings. The molecular weight excluding hydrogens is 276 g/mol. The molecule has 2 aliphatic rings. The predicted octanol–water partition coefficient (Wildman–Crippen LogP) is 2.14. The summed E-state index contributed by atoms with van der Waals surface area (Å²) < 4.78 is 0. The lowest BCUT2D eigenvalue weighted by atomic mass is 10.1. The number of hydrogen-bond acceptors (Lipinski definition) is 4. The van der Waals surface area contributed by atoms with Crippen LogP contribution in [0, 0.1) is 6.92 Å². The molecule has 4 rings (SSSR count). The Labute approximate surface area is 130 Å². The predicted molar refractivity (Wildman–Crippen MR) is 85.8 cm³/mol. The summed E-state index contributed by atoms with van der Waals surface area (Å²) in [5.41, 5.74) is 0.943. The number of amides is 1. The summed E-state index contributed by atoms with van der Waals surface area (Å²) in [7, 11) is 0. The molecule has 2 saturated heterocycles. The zero-order chi connectivity index (χ0) is 15.3. The number of anilines is 1. The molecular formula is C17H20N4O. The first-order valence-electron chi connectivity index (χ1n) is 7.95. The third kappa shape index (κ3) is 1.95. The molecule has 5 nitrogen and oxygen atoms in total. The number of hydrogen-bond donors (Lipinski definition) is 0. The van der Waals surface area contributed by atoms with E-state index in [1.54, 1.807) is 0 Å². The van der Waals surface area contributed by atoms with E-state index < -0.39 is 0 Å². The quantitative estimate of drug-likeness (QED) is 0.809. The number of fused-ring (bicyclic) bond motifs is 2. The molecule has 0 bridgehead atoms. The van der Waals surface area contributed by atoms with Gasteiger partial charge in [0.25, 0.3) is 0 Å². The van der Waals surface area contributed by atoms with Crippen molar-refractivity contribution in [2.24, 2.45) is 0 Å². The van der Waals surface area contributed by atoms with Crippen LogP contribution in [0.25, 0.3) is 10.9 Å². The smallest absolute Gasteiger partial charge is 0.245 e. The van der Waals surface area contributed by atoms with E-state index in [2.05, 4.69) is 19.8 Å². The van der Waals surface area contributed by atoms with Crippen LogP contribution in [0.15, 0.2) is 24.3 Å². The van der Waals surface area contributed by atoms with E-state index in [1.165, 1.54) is 0 Å². The van der Waals surface area contributed by atoms with E-state index in [0.29, 0.717) is 6.04 Å². The van der Waals surface area contributed by atoms with Crippen molar-refractivity contribution in [3.63, 3.8) is 0 Å². The fourth-order valence-corrected chi connectivity index (χ4v) is 3.74. The van der Waals surface area contributed by atoms with Gasteiger partial charge in [-0.05, 0) is 38.8 Å². The minimum absolute atomic E-state index is 0.160. The van der Waals surface area contributed by atoms with E-state index in [0.717, 1.165) is 48.5 Å². The van der Waals surface area contributed by atoms with Crippen molar-refractivity contribution in [1.82, 2.24) is 14.9 Å². The maximum absolute atomic E-state index is 12.7. The standard InChI is InChI=1S/C17H20N4O/c1-11-17(22)20-9-5-6-13(20)10-21(11)16-14-7-3-4-8-15(14)18-12(2)19-16/h3-4,7-8,11,13H,5-6,9-10H2,1-2H3/t11-,13+/m1/s1. The van der Waals surface area contributed by atoms with Crippen molar-refractivity contribution in [2.75, 3.05) is 18.0 Å². The van der Waals surface area contributed by atoms with Crippen LogP contribution in [0.4, 0.5) is 5.82 Å². The topological polar surface area (TPSA) is 49.3 Å². The normalized spacial score (nSPS) is 24.9. The van der Waals surface area contributed by atoms with Crippen molar-refractivity contribution in [3.05, 3.63) is 30.1 Å². The zero-order valence-electron chi connectivity index (χ0n) is 13.0. The van der Waals surface area contributed by atoms with Gasteiger partial charge in [-0.3, -0.25) is 4.79 Å². The van der Waals surface area contributed by atoms with Crippen molar-refractivity contribution in [3.8, 4) is 0 Å². The first kappa shape index (κ1) is 13.5. The lowest BCUT2D eigenvalue weighted by Crippen LogP contribution is -2.59. The Morgan fingerprint density at radius 2 is 2.00 bits per heavy atom. The van der Waals surface area contributed by atoms with Crippen LogP contribution in [-0.4, -0.2) is 45.9 Å². The van der Waals surface area contributed by atoms with Gasteiger partial charge in [0, 0.05) is 24.5 Å². The van der Waals surface area contributed by atoms with Crippen LogP contribution >= 0.6 is 0 Å². The molecule has 1 amide bonds. The van der Waals surface area contributed by atoms with Gasteiger partial charge in [0.05, 0.1) is 5.52 Å². The van der Waals surface area contributed by atoms with Gasteiger partial charge in [0.1, 0.15) is 17.7 Å². The molecule has 0 N–H and O–H groups in total. The fraction of sp³-hybridized carbons (Fsp3) is 0.471. The minimum atomic E-state index is -0.160. The highest BCUT2D eigenvalue weighted by atomic mass is 16.2. The highest BCUT2D eigenvalue weighted by Crippen LogP contribution is 2.32. The number of nitrogens with zero attached hydrogens (tertiary/aromatic N) is 4. The van der Waals surface area contributed by atoms with Gasteiger partial charge in [-0.25, -0.2) is 9.97 Å². The number of carbonyl (C=O) groups is 1. The molecule has 2 aliphatic heterocycles. The molecule has 2 atom stereocenters. The number of carbonyl (C=O) groups excluding carboxylic acids is 1. The fourth-order valence-electron chi connectivity index (χ4n) is 3.74. The average molecular weight is 296 g/mol. The third-order valence-corrected chi connectivity index (χ3v) is 4.86. The zero-order valence-corrected chi connectivity index (χ0v) is 13.0. The maximum atomic E-state index is 12.7. The lowest BCUT2D eigenvalue weighted by Gasteiger charge is -2.42. The highest BCUT2D eigenvalue weighted by Gasteiger charge is 2.41. The van der Waals surface area contributed by atoms with E-state index in [4.69, 9.17) is 0 Å². The van der Waals surface area contributed by atoms with Crippen LogP contribution in [0.1, 0.15) is 25.6 Å². The lowest BCUT2D eigenvalue weighted by molar-refractivity contribution is -0.134. The van der Waals surface area contributed by atoms with E-state index in [1.807, 2.05) is 38.1 Å². The molecule has 0 spiro atoms. The Balaban J connectivity index is 1.82. The molecule has 3 heterocycles. The van der Waals surface area contributed by atoms with Crippen molar-refractivity contribution < 1.29 is 4.79 Å². The summed E-state index contributed by atoms with van der Waals surface area (Å²) in [5.74, 6) is 1.88. The van der Waals surface area contributed by atoms with Crippen molar-refractivity contribution >= 4 is 22.6 Å². The van der Waals surface area contributed by atoms with Gasteiger partial charge >= 0.3 is 0 Å². The first-order chi connectivity index (χ1) is 10.6. The summed E-state index contributed by atoms with van der Waals surface area (Å²) >= 11 is 0. The van der Waals surface area contributed by atoms with Crippen LogP contribution in [0.2, 0.25) is 0 Å². The van der Waals surface area contributed by atoms with Crippen LogP contribution in [0.3, 0.4) is 0 Å². The summed E-state index contributed by atoms with van der Waals surface area (Å²) in [5, 5.41) is 1.03. The van der Waals surface area contributed by atoms with Crippen molar-refractivity contribution in [2.45, 2.75) is 38.8 Å². The Kier molecular flexibility index (Phi) is 3.03. The molecule has 0 aliphatic carbocycles. The first-order valence-corrected chi connectivity index (χ1v) is 7.95. The number of para-hydroxylation sites is 1. The monoisotopic (exact) mass is 296 g/mol. The van der Waals surface area contributed by atoms with E-state index >= 15 is 0 Å². The summed E-state index contributed by atoms with van der Waals surface area (Å²) in [6, 6.07) is 8.21. The number of piperazine rings is 1. The van der Waals surface area contributed by atoms with Gasteiger partial charge in [0.15, 0.2) is 0 Å². The number of benzene rings is 1. The molecule has 114 valence electrons. The summed E-state index contributed by atoms with van der Waals surface area (Å²) in [4.78, 5) is 26.1. The Hall–Kier alpha value is -2.17. The summed E-state index contributed by atoms with van der Waals surface area (Å²) in [6.45, 7) is 5.68. The number of aromatic nitrogens is 2. The Morgan fingerprint density at radius 3 is 2.86 bits per heavy atom. The van der Waals surface area contributed by atoms with Crippen LogP contribution in [-0.2, 0) is 4.79 Å². The molecule has 2 fully saturated rings. The molecule has 0 saturated carbocycles. The van der Waals surface area contributed by atoms with Crippen LogP contribution < -0.4 is 4.90 Å². The number of aryl methyl sites for hydroxylation is 1. The summed E-state index contributed by atoms with van der Waals surface area (Å²) in [6.07, 6.45) is 2.21. The minimum Gasteiger partial charge on any atom is -0.342 e.